The third-order valence-electron chi connectivity index (χ3n) is 2.89. The summed E-state index contributed by atoms with van der Waals surface area (Å²) in [6, 6.07) is 11.2. The second-order valence-corrected chi connectivity index (χ2v) is 4.71. The number of phenols is 1. The number of methoxy groups -OCH3 is 1. The second kappa shape index (κ2) is 5.85. The summed E-state index contributed by atoms with van der Waals surface area (Å²) < 4.78 is 5.29. The molecule has 0 saturated heterocycles. The normalized spacial score (nSPS) is 10.3. The van der Waals surface area contributed by atoms with Crippen LogP contribution in [-0.2, 0) is 6.54 Å². The summed E-state index contributed by atoms with van der Waals surface area (Å²) in [5, 5.41) is 13.5. The van der Waals surface area contributed by atoms with Gasteiger partial charge in [0.05, 0.1) is 17.8 Å². The van der Waals surface area contributed by atoms with E-state index in [-0.39, 0.29) is 5.75 Å². The van der Waals surface area contributed by atoms with E-state index >= 15 is 0 Å². The standard InChI is InChI=1S/C15H16ClNO2/c1-10-6-7-14(19-2)13(8-10)17-9-11-4-3-5-12(16)15(11)18/h3-8,17-18H,9H2,1-2H3. The highest BCUT2D eigenvalue weighted by atomic mass is 35.5. The quantitative estimate of drug-likeness (QED) is 0.888. The fraction of sp³-hybridized carbons (Fsp3) is 0.200. The highest BCUT2D eigenvalue weighted by Crippen LogP contribution is 2.29. The van der Waals surface area contributed by atoms with Gasteiger partial charge >= 0.3 is 0 Å². The number of benzene rings is 2. The van der Waals surface area contributed by atoms with Gasteiger partial charge in [-0.15, -0.1) is 0 Å². The molecule has 0 heterocycles. The Morgan fingerprint density at radius 3 is 2.79 bits per heavy atom. The van der Waals surface area contributed by atoms with Crippen LogP contribution >= 0.6 is 11.6 Å². The minimum atomic E-state index is 0.114. The molecular weight excluding hydrogens is 262 g/mol. The monoisotopic (exact) mass is 277 g/mol. The van der Waals surface area contributed by atoms with Gasteiger partial charge in [0, 0.05) is 12.1 Å². The van der Waals surface area contributed by atoms with Gasteiger partial charge in [-0.05, 0) is 30.7 Å². The van der Waals surface area contributed by atoms with Crippen LogP contribution in [0.2, 0.25) is 5.02 Å². The Hall–Kier alpha value is -1.87. The number of anilines is 1. The number of hydrogen-bond donors (Lipinski definition) is 2. The lowest BCUT2D eigenvalue weighted by atomic mass is 10.1. The van der Waals surface area contributed by atoms with Crippen LogP contribution in [0, 0.1) is 6.92 Å². The molecule has 0 spiro atoms. The molecule has 0 aromatic heterocycles. The van der Waals surface area contributed by atoms with Crippen molar-refractivity contribution in [2.45, 2.75) is 13.5 Å². The molecule has 2 aromatic carbocycles. The van der Waals surface area contributed by atoms with Gasteiger partial charge in [-0.3, -0.25) is 0 Å². The molecule has 2 N–H and O–H groups in total. The topological polar surface area (TPSA) is 41.5 Å². The van der Waals surface area contributed by atoms with Crippen LogP contribution in [0.4, 0.5) is 5.69 Å². The molecule has 3 nitrogen and oxygen atoms in total. The lowest BCUT2D eigenvalue weighted by Crippen LogP contribution is -2.02. The van der Waals surface area contributed by atoms with Crippen LogP contribution < -0.4 is 10.1 Å². The molecule has 2 aromatic rings. The number of phenolic OH excluding ortho intramolecular Hbond substituents is 1. The van der Waals surface area contributed by atoms with Crippen LogP contribution in [0.15, 0.2) is 36.4 Å². The number of nitrogens with one attached hydrogen (secondary N) is 1. The van der Waals surface area contributed by atoms with E-state index < -0.39 is 0 Å². The van der Waals surface area contributed by atoms with E-state index in [4.69, 9.17) is 16.3 Å². The van der Waals surface area contributed by atoms with E-state index in [0.29, 0.717) is 11.6 Å². The van der Waals surface area contributed by atoms with Crippen molar-refractivity contribution >= 4 is 17.3 Å². The van der Waals surface area contributed by atoms with Crippen LogP contribution in [0.1, 0.15) is 11.1 Å². The zero-order chi connectivity index (χ0) is 13.8. The van der Waals surface area contributed by atoms with Crippen molar-refractivity contribution in [3.8, 4) is 11.5 Å². The lowest BCUT2D eigenvalue weighted by Gasteiger charge is -2.13. The van der Waals surface area contributed by atoms with Gasteiger partial charge in [0.1, 0.15) is 11.5 Å². The predicted molar refractivity (Wildman–Crippen MR) is 78.2 cm³/mol. The summed E-state index contributed by atoms with van der Waals surface area (Å²) >= 11 is 5.88. The summed E-state index contributed by atoms with van der Waals surface area (Å²) in [6.07, 6.45) is 0. The highest BCUT2D eigenvalue weighted by Gasteiger charge is 2.07. The lowest BCUT2D eigenvalue weighted by molar-refractivity contribution is 0.416. The Morgan fingerprint density at radius 1 is 1.26 bits per heavy atom. The van der Waals surface area contributed by atoms with Crippen molar-refractivity contribution < 1.29 is 9.84 Å². The average molecular weight is 278 g/mol. The maximum absolute atomic E-state index is 9.85. The maximum atomic E-state index is 9.85. The number of rotatable bonds is 4. The summed E-state index contributed by atoms with van der Waals surface area (Å²) in [5.74, 6) is 0.885. The average Bonchev–Trinajstić information content (AvgIpc) is 2.40. The summed E-state index contributed by atoms with van der Waals surface area (Å²) in [4.78, 5) is 0. The van der Waals surface area contributed by atoms with Crippen molar-refractivity contribution in [2.75, 3.05) is 12.4 Å². The molecule has 100 valence electrons. The van der Waals surface area contributed by atoms with Crippen LogP contribution in [0.5, 0.6) is 11.5 Å². The van der Waals surface area contributed by atoms with Crippen molar-refractivity contribution in [1.29, 1.82) is 0 Å². The van der Waals surface area contributed by atoms with Crippen LogP contribution in [-0.4, -0.2) is 12.2 Å². The van der Waals surface area contributed by atoms with Gasteiger partial charge < -0.3 is 15.2 Å². The molecular formula is C15H16ClNO2. The Labute approximate surface area is 117 Å². The van der Waals surface area contributed by atoms with Gasteiger partial charge in [0.2, 0.25) is 0 Å². The Morgan fingerprint density at radius 2 is 2.05 bits per heavy atom. The first kappa shape index (κ1) is 13.6. The summed E-state index contributed by atoms with van der Waals surface area (Å²) in [7, 11) is 1.63. The largest absolute Gasteiger partial charge is 0.506 e. The number of aryl methyl sites for hydroxylation is 1. The first-order valence-corrected chi connectivity index (χ1v) is 6.34. The minimum absolute atomic E-state index is 0.114. The zero-order valence-corrected chi connectivity index (χ0v) is 11.7. The number of ether oxygens (including phenoxy) is 1. The van der Waals surface area contributed by atoms with Crippen LogP contribution in [0.25, 0.3) is 0 Å². The van der Waals surface area contributed by atoms with Gasteiger partial charge in [-0.1, -0.05) is 29.8 Å². The van der Waals surface area contributed by atoms with E-state index in [9.17, 15) is 5.11 Å². The highest BCUT2D eigenvalue weighted by molar-refractivity contribution is 6.32. The Kier molecular flexibility index (Phi) is 4.17. The number of aromatic hydroxyl groups is 1. The van der Waals surface area contributed by atoms with Gasteiger partial charge in [-0.2, -0.15) is 0 Å². The number of para-hydroxylation sites is 1. The van der Waals surface area contributed by atoms with Crippen LogP contribution in [0.3, 0.4) is 0 Å². The molecule has 0 radical (unpaired) electrons. The van der Waals surface area contributed by atoms with Gasteiger partial charge in [-0.25, -0.2) is 0 Å². The fourth-order valence-electron chi connectivity index (χ4n) is 1.85. The summed E-state index contributed by atoms with van der Waals surface area (Å²) in [5.41, 5.74) is 2.77. The SMILES string of the molecule is COc1ccc(C)cc1NCc1cccc(Cl)c1O. The Balaban J connectivity index is 2.18. The molecule has 2 rings (SSSR count). The molecule has 0 fully saturated rings. The van der Waals surface area contributed by atoms with E-state index in [1.54, 1.807) is 13.2 Å². The summed E-state index contributed by atoms with van der Waals surface area (Å²) in [6.45, 7) is 2.49. The number of halogens is 1. The molecule has 0 aliphatic carbocycles. The van der Waals surface area contributed by atoms with E-state index in [2.05, 4.69) is 5.32 Å². The third-order valence-corrected chi connectivity index (χ3v) is 3.20. The van der Waals surface area contributed by atoms with Crippen molar-refractivity contribution in [3.05, 3.63) is 52.5 Å². The predicted octanol–water partition coefficient (Wildman–Crippen LogP) is 3.97. The first-order valence-electron chi connectivity index (χ1n) is 5.96. The minimum Gasteiger partial charge on any atom is -0.506 e. The molecule has 0 bridgehead atoms. The number of hydrogen-bond acceptors (Lipinski definition) is 3. The van der Waals surface area contributed by atoms with E-state index in [1.165, 1.54) is 0 Å². The van der Waals surface area contributed by atoms with E-state index in [0.717, 1.165) is 22.6 Å². The smallest absolute Gasteiger partial charge is 0.141 e. The van der Waals surface area contributed by atoms with Gasteiger partial charge in [0.15, 0.2) is 0 Å². The molecule has 0 amide bonds. The molecule has 0 saturated carbocycles. The van der Waals surface area contributed by atoms with Crippen molar-refractivity contribution in [3.63, 3.8) is 0 Å². The molecule has 0 unspecified atom stereocenters. The molecule has 0 aliphatic rings. The Bertz CT molecular complexity index is 584. The maximum Gasteiger partial charge on any atom is 0.141 e. The molecule has 4 heteroatoms. The second-order valence-electron chi connectivity index (χ2n) is 4.30. The van der Waals surface area contributed by atoms with E-state index in [1.807, 2.05) is 37.3 Å². The fourth-order valence-corrected chi connectivity index (χ4v) is 2.05. The molecule has 0 atom stereocenters. The van der Waals surface area contributed by atoms with Crippen molar-refractivity contribution in [2.24, 2.45) is 0 Å². The molecule has 19 heavy (non-hydrogen) atoms. The molecule has 0 aliphatic heterocycles. The first-order chi connectivity index (χ1) is 9.11. The third kappa shape index (κ3) is 3.12. The van der Waals surface area contributed by atoms with Gasteiger partial charge in [0.25, 0.3) is 0 Å². The zero-order valence-electron chi connectivity index (χ0n) is 10.9. The van der Waals surface area contributed by atoms with Crippen molar-refractivity contribution in [1.82, 2.24) is 0 Å².